The second-order valence-electron chi connectivity index (χ2n) is 8.34. The van der Waals surface area contributed by atoms with E-state index >= 15 is 0 Å². The summed E-state index contributed by atoms with van der Waals surface area (Å²) in [6.45, 7) is 3.73. The number of nitrogens with one attached hydrogen (secondary N) is 1. The van der Waals surface area contributed by atoms with Crippen molar-refractivity contribution in [2.75, 3.05) is 21.3 Å². The van der Waals surface area contributed by atoms with Gasteiger partial charge in [-0.3, -0.25) is 4.79 Å². The number of carbonyl (C=O) groups excluding carboxylic acids is 2. The molecule has 3 aromatic rings. The van der Waals surface area contributed by atoms with Crippen LogP contribution in [0.1, 0.15) is 30.3 Å². The third-order valence-electron chi connectivity index (χ3n) is 6.57. The minimum Gasteiger partial charge on any atom is -0.496 e. The zero-order valence-corrected chi connectivity index (χ0v) is 21.1. The van der Waals surface area contributed by atoms with Crippen molar-refractivity contribution in [2.45, 2.75) is 31.2 Å². The number of carbonyl (C=O) groups is 2. The Bertz CT molecular complexity index is 1270. The number of thiazole rings is 1. The number of hydrogen-bond donors (Lipinski definition) is 1. The largest absolute Gasteiger partial charge is 0.496 e. The molecule has 4 rings (SSSR count). The summed E-state index contributed by atoms with van der Waals surface area (Å²) in [5.41, 5.74) is 1.97. The predicted molar refractivity (Wildman–Crippen MR) is 134 cm³/mol. The Morgan fingerprint density at radius 1 is 1.00 bits per heavy atom. The second-order valence-corrected chi connectivity index (χ2v) is 9.20. The number of nitrogens with zero attached hydrogens (tertiary/aromatic N) is 1. The maximum absolute atomic E-state index is 13.8. The number of ether oxygens (including phenoxy) is 3. The minimum absolute atomic E-state index is 0.372. The van der Waals surface area contributed by atoms with Crippen LogP contribution in [-0.4, -0.2) is 44.3 Å². The highest BCUT2D eigenvalue weighted by Gasteiger charge is 2.60. The van der Waals surface area contributed by atoms with Gasteiger partial charge < -0.3 is 19.5 Å². The van der Waals surface area contributed by atoms with Gasteiger partial charge in [0.25, 0.3) is 0 Å². The van der Waals surface area contributed by atoms with Gasteiger partial charge in [-0.1, -0.05) is 42.5 Å². The molecular weight excluding hydrogens is 464 g/mol. The van der Waals surface area contributed by atoms with E-state index in [9.17, 15) is 9.59 Å². The summed E-state index contributed by atoms with van der Waals surface area (Å²) in [6.07, 6.45) is 0. The normalized spacial score (nSPS) is 21.7. The van der Waals surface area contributed by atoms with Gasteiger partial charge in [0, 0.05) is 28.6 Å². The summed E-state index contributed by atoms with van der Waals surface area (Å²) < 4.78 is 16.1. The lowest BCUT2D eigenvalue weighted by Gasteiger charge is -2.46. The Morgan fingerprint density at radius 3 is 2.34 bits per heavy atom. The molecule has 0 saturated heterocycles. The van der Waals surface area contributed by atoms with Gasteiger partial charge in [-0.15, -0.1) is 11.3 Å². The minimum atomic E-state index is -1.33. The third-order valence-corrected chi connectivity index (χ3v) is 7.56. The standard InChI is InChI=1S/C27H28N2O5S/c1-16-22(24(30)33-4)23(18-11-7-6-8-12-18)27(17(2)28-16,26(31)34-5)25-29-20(15-35-25)19-13-9-10-14-21(19)32-3/h6-15,17,23,28H,1-5H3. The molecule has 0 aliphatic carbocycles. The molecule has 0 radical (unpaired) electrons. The van der Waals surface area contributed by atoms with Crippen LogP contribution >= 0.6 is 11.3 Å². The molecular formula is C27H28N2O5S. The average Bonchev–Trinajstić information content (AvgIpc) is 3.38. The molecule has 0 saturated carbocycles. The van der Waals surface area contributed by atoms with Crippen molar-refractivity contribution in [3.05, 3.63) is 81.8 Å². The van der Waals surface area contributed by atoms with E-state index in [-0.39, 0.29) is 0 Å². The van der Waals surface area contributed by atoms with Crippen LogP contribution < -0.4 is 10.1 Å². The van der Waals surface area contributed by atoms with Gasteiger partial charge in [-0.2, -0.15) is 0 Å². The van der Waals surface area contributed by atoms with Crippen LogP contribution in [0.25, 0.3) is 11.3 Å². The zero-order chi connectivity index (χ0) is 25.2. The number of aromatic nitrogens is 1. The van der Waals surface area contributed by atoms with Crippen LogP contribution in [0.4, 0.5) is 0 Å². The van der Waals surface area contributed by atoms with Gasteiger partial charge in [0.2, 0.25) is 0 Å². The first kappa shape index (κ1) is 24.5. The van der Waals surface area contributed by atoms with Gasteiger partial charge in [0.15, 0.2) is 5.41 Å². The molecule has 3 atom stereocenters. The summed E-state index contributed by atoms with van der Waals surface area (Å²) in [7, 11) is 4.30. The van der Waals surface area contributed by atoms with Crippen molar-refractivity contribution in [2.24, 2.45) is 0 Å². The van der Waals surface area contributed by atoms with Crippen molar-refractivity contribution in [1.82, 2.24) is 10.3 Å². The van der Waals surface area contributed by atoms with Crippen LogP contribution in [0.3, 0.4) is 0 Å². The lowest BCUT2D eigenvalue weighted by Crippen LogP contribution is -2.60. The molecule has 0 spiro atoms. The van der Waals surface area contributed by atoms with Gasteiger partial charge in [-0.05, 0) is 31.5 Å². The Hall–Kier alpha value is -3.65. The summed E-state index contributed by atoms with van der Waals surface area (Å²) in [4.78, 5) is 31.9. The van der Waals surface area contributed by atoms with Crippen molar-refractivity contribution in [3.8, 4) is 17.0 Å². The molecule has 182 valence electrons. The number of esters is 2. The van der Waals surface area contributed by atoms with Gasteiger partial charge in [0.05, 0.1) is 32.6 Å². The average molecular weight is 493 g/mol. The number of rotatable bonds is 6. The van der Waals surface area contributed by atoms with Crippen LogP contribution in [0.15, 0.2) is 71.2 Å². The topological polar surface area (TPSA) is 86.8 Å². The van der Waals surface area contributed by atoms with E-state index < -0.39 is 29.3 Å². The Balaban J connectivity index is 2.02. The van der Waals surface area contributed by atoms with Crippen molar-refractivity contribution in [3.63, 3.8) is 0 Å². The fourth-order valence-corrected chi connectivity index (χ4v) is 6.10. The first-order valence-corrected chi connectivity index (χ1v) is 12.1. The Labute approximate surface area is 208 Å². The van der Waals surface area contributed by atoms with Crippen molar-refractivity contribution < 1.29 is 23.8 Å². The van der Waals surface area contributed by atoms with E-state index in [4.69, 9.17) is 19.2 Å². The number of allylic oxidation sites excluding steroid dienone is 1. The van der Waals surface area contributed by atoms with E-state index in [1.165, 1.54) is 25.6 Å². The van der Waals surface area contributed by atoms with E-state index in [2.05, 4.69) is 5.32 Å². The van der Waals surface area contributed by atoms with E-state index in [1.54, 1.807) is 7.11 Å². The quantitative estimate of drug-likeness (QED) is 0.509. The molecule has 3 unspecified atom stereocenters. The molecule has 1 N–H and O–H groups in total. The van der Waals surface area contributed by atoms with Crippen molar-refractivity contribution >= 4 is 23.3 Å². The first-order valence-electron chi connectivity index (χ1n) is 11.2. The van der Waals surface area contributed by atoms with E-state index in [1.807, 2.05) is 73.8 Å². The second kappa shape index (κ2) is 9.92. The fourth-order valence-electron chi connectivity index (χ4n) is 4.97. The molecule has 1 aromatic heterocycles. The molecule has 1 aliphatic heterocycles. The Kier molecular flexibility index (Phi) is 6.93. The molecule has 1 aliphatic rings. The molecule has 8 heteroatoms. The molecule has 7 nitrogen and oxygen atoms in total. The van der Waals surface area contributed by atoms with Gasteiger partial charge in [0.1, 0.15) is 10.8 Å². The zero-order valence-electron chi connectivity index (χ0n) is 20.3. The lowest BCUT2D eigenvalue weighted by atomic mass is 9.62. The smallest absolute Gasteiger partial charge is 0.336 e. The number of benzene rings is 2. The predicted octanol–water partition coefficient (Wildman–Crippen LogP) is 4.45. The number of para-hydroxylation sites is 1. The lowest BCUT2D eigenvalue weighted by molar-refractivity contribution is -0.150. The summed E-state index contributed by atoms with van der Waals surface area (Å²) in [6, 6.07) is 16.6. The molecule has 0 bridgehead atoms. The van der Waals surface area contributed by atoms with Crippen LogP contribution in [0.2, 0.25) is 0 Å². The van der Waals surface area contributed by atoms with Crippen LogP contribution in [-0.2, 0) is 24.5 Å². The first-order chi connectivity index (χ1) is 16.9. The summed E-state index contributed by atoms with van der Waals surface area (Å²) in [5, 5.41) is 5.77. The van der Waals surface area contributed by atoms with Crippen molar-refractivity contribution in [1.29, 1.82) is 0 Å². The molecule has 2 heterocycles. The van der Waals surface area contributed by atoms with E-state index in [0.717, 1.165) is 11.1 Å². The van der Waals surface area contributed by atoms with Gasteiger partial charge in [-0.25, -0.2) is 9.78 Å². The van der Waals surface area contributed by atoms with E-state index in [0.29, 0.717) is 27.7 Å². The fraction of sp³-hybridized carbons (Fsp3) is 0.296. The highest BCUT2D eigenvalue weighted by molar-refractivity contribution is 7.10. The Morgan fingerprint density at radius 2 is 1.69 bits per heavy atom. The van der Waals surface area contributed by atoms with Gasteiger partial charge >= 0.3 is 11.9 Å². The SMILES string of the molecule is COC(=O)C1=C(C)NC(C)C(C(=O)OC)(c2nc(-c3ccccc3OC)cs2)C1c1ccccc1. The number of hydrogen-bond acceptors (Lipinski definition) is 8. The maximum atomic E-state index is 13.8. The molecule has 0 fully saturated rings. The third kappa shape index (κ3) is 3.97. The highest BCUT2D eigenvalue weighted by atomic mass is 32.1. The number of methoxy groups -OCH3 is 3. The van der Waals surface area contributed by atoms with Crippen LogP contribution in [0, 0.1) is 0 Å². The molecule has 2 aromatic carbocycles. The maximum Gasteiger partial charge on any atom is 0.336 e. The van der Waals surface area contributed by atoms with Crippen LogP contribution in [0.5, 0.6) is 5.75 Å². The monoisotopic (exact) mass is 492 g/mol. The summed E-state index contributed by atoms with van der Waals surface area (Å²) in [5.74, 6) is -1.000. The molecule has 0 amide bonds. The molecule has 35 heavy (non-hydrogen) atoms. The highest BCUT2D eigenvalue weighted by Crippen LogP contribution is 2.52. The summed E-state index contributed by atoms with van der Waals surface area (Å²) >= 11 is 1.36.